The van der Waals surface area contributed by atoms with Gasteiger partial charge in [-0.3, -0.25) is 0 Å². The molecule has 0 saturated heterocycles. The number of cyclic esters (lactones) is 1. The van der Waals surface area contributed by atoms with E-state index in [-0.39, 0.29) is 11.6 Å². The molecule has 22 heavy (non-hydrogen) atoms. The van der Waals surface area contributed by atoms with Gasteiger partial charge in [-0.2, -0.15) is 0 Å². The van der Waals surface area contributed by atoms with E-state index in [0.717, 1.165) is 0 Å². The topological polar surface area (TPSA) is 38.7 Å². The van der Waals surface area contributed by atoms with E-state index >= 15 is 0 Å². The van der Waals surface area contributed by atoms with Gasteiger partial charge in [-0.25, -0.2) is 14.2 Å². The number of carbonyl (C=O) groups excluding carboxylic acids is 1. The quantitative estimate of drug-likeness (QED) is 0.599. The molecule has 0 amide bonds. The number of hydrogen-bond acceptors (Lipinski definition) is 3. The molecule has 0 saturated carbocycles. The van der Waals surface area contributed by atoms with Crippen molar-refractivity contribution in [3.8, 4) is 0 Å². The van der Waals surface area contributed by atoms with Crippen LogP contribution in [0, 0.1) is 5.82 Å². The summed E-state index contributed by atoms with van der Waals surface area (Å²) in [5, 5.41) is 0.792. The lowest BCUT2D eigenvalue weighted by Crippen LogP contribution is -2.05. The molecule has 0 unspecified atom stereocenters. The third-order valence-electron chi connectivity index (χ3n) is 2.93. The Morgan fingerprint density at radius 1 is 1.14 bits per heavy atom. The highest BCUT2D eigenvalue weighted by atomic mass is 35.5. The number of benzene rings is 2. The number of esters is 1. The fourth-order valence-electron chi connectivity index (χ4n) is 1.94. The average Bonchev–Trinajstić information content (AvgIpc) is 2.80. The smallest absolute Gasteiger partial charge is 0.363 e. The van der Waals surface area contributed by atoms with Gasteiger partial charge < -0.3 is 4.74 Å². The Bertz CT molecular complexity index is 831. The maximum Gasteiger partial charge on any atom is 0.363 e. The van der Waals surface area contributed by atoms with Gasteiger partial charge in [-0.05, 0) is 42.0 Å². The van der Waals surface area contributed by atoms with E-state index in [0.29, 0.717) is 21.2 Å². The van der Waals surface area contributed by atoms with Crippen molar-refractivity contribution in [2.45, 2.75) is 0 Å². The van der Waals surface area contributed by atoms with Gasteiger partial charge in [0.2, 0.25) is 5.90 Å². The van der Waals surface area contributed by atoms with Crippen LogP contribution in [0.3, 0.4) is 0 Å². The van der Waals surface area contributed by atoms with Crippen LogP contribution in [0.25, 0.3) is 6.08 Å². The minimum Gasteiger partial charge on any atom is -0.402 e. The fourth-order valence-corrected chi connectivity index (χ4v) is 2.43. The predicted molar refractivity (Wildman–Crippen MR) is 83.5 cm³/mol. The molecule has 0 bridgehead atoms. The lowest BCUT2D eigenvalue weighted by Gasteiger charge is -2.02. The zero-order valence-corrected chi connectivity index (χ0v) is 12.5. The van der Waals surface area contributed by atoms with Crippen molar-refractivity contribution in [2.24, 2.45) is 4.99 Å². The number of hydrogen-bond donors (Lipinski definition) is 0. The molecule has 110 valence electrons. The van der Waals surface area contributed by atoms with Crippen LogP contribution in [-0.4, -0.2) is 11.9 Å². The maximum absolute atomic E-state index is 13.2. The molecule has 3 nitrogen and oxygen atoms in total. The van der Waals surface area contributed by atoms with Crippen LogP contribution in [0.4, 0.5) is 4.39 Å². The summed E-state index contributed by atoms with van der Waals surface area (Å²) >= 11 is 11.9. The Labute approximate surface area is 135 Å². The molecule has 0 aromatic heterocycles. The van der Waals surface area contributed by atoms with Gasteiger partial charge in [0.1, 0.15) is 5.82 Å². The summed E-state index contributed by atoms with van der Waals surface area (Å²) in [6.45, 7) is 0. The SMILES string of the molecule is O=C1OC(c2ccc(Cl)cc2Cl)=N/C1=C/c1cccc(F)c1. The fraction of sp³-hybridized carbons (Fsp3) is 0. The molecule has 0 fully saturated rings. The van der Waals surface area contributed by atoms with Crippen LogP contribution < -0.4 is 0 Å². The van der Waals surface area contributed by atoms with Crippen LogP contribution in [0.15, 0.2) is 53.2 Å². The normalized spacial score (nSPS) is 15.9. The zero-order chi connectivity index (χ0) is 15.7. The summed E-state index contributed by atoms with van der Waals surface area (Å²) < 4.78 is 18.3. The molecule has 1 heterocycles. The van der Waals surface area contributed by atoms with Gasteiger partial charge >= 0.3 is 5.97 Å². The number of nitrogens with zero attached hydrogens (tertiary/aromatic N) is 1. The van der Waals surface area contributed by atoms with Crippen molar-refractivity contribution in [3.05, 3.63) is 75.2 Å². The third-order valence-corrected chi connectivity index (χ3v) is 3.48. The molecule has 2 aromatic rings. The first-order valence-corrected chi connectivity index (χ1v) is 7.02. The first-order valence-electron chi connectivity index (χ1n) is 6.26. The Morgan fingerprint density at radius 2 is 1.95 bits per heavy atom. The van der Waals surface area contributed by atoms with Crippen LogP contribution >= 0.6 is 23.2 Å². The van der Waals surface area contributed by atoms with Gasteiger partial charge in [0.05, 0.1) is 10.6 Å². The molecule has 0 aliphatic carbocycles. The highest BCUT2D eigenvalue weighted by molar-refractivity contribution is 6.37. The summed E-state index contributed by atoms with van der Waals surface area (Å²) in [6, 6.07) is 10.6. The maximum atomic E-state index is 13.2. The van der Waals surface area contributed by atoms with Crippen molar-refractivity contribution >= 4 is 41.1 Å². The van der Waals surface area contributed by atoms with Crippen molar-refractivity contribution in [1.29, 1.82) is 0 Å². The third kappa shape index (κ3) is 3.03. The molecule has 0 spiro atoms. The number of rotatable bonds is 2. The molecule has 0 atom stereocenters. The van der Waals surface area contributed by atoms with Gasteiger partial charge in [0, 0.05) is 5.02 Å². The molecule has 0 radical (unpaired) electrons. The summed E-state index contributed by atoms with van der Waals surface area (Å²) in [5.74, 6) is -0.926. The van der Waals surface area contributed by atoms with E-state index in [2.05, 4.69) is 4.99 Å². The first-order chi connectivity index (χ1) is 10.5. The predicted octanol–water partition coefficient (Wildman–Crippen LogP) is 4.48. The van der Waals surface area contributed by atoms with E-state index < -0.39 is 11.8 Å². The van der Waals surface area contributed by atoms with Crippen LogP contribution in [0.1, 0.15) is 11.1 Å². The second kappa shape index (κ2) is 5.91. The number of halogens is 3. The van der Waals surface area contributed by atoms with E-state index in [1.54, 1.807) is 24.3 Å². The van der Waals surface area contributed by atoms with Crippen molar-refractivity contribution in [2.75, 3.05) is 0 Å². The second-order valence-corrected chi connectivity index (χ2v) is 5.36. The van der Waals surface area contributed by atoms with Gasteiger partial charge in [0.25, 0.3) is 0 Å². The van der Waals surface area contributed by atoms with E-state index in [1.807, 2.05) is 0 Å². The molecular formula is C16H8Cl2FNO2. The first kappa shape index (κ1) is 14.8. The van der Waals surface area contributed by atoms with Crippen LogP contribution in [0.2, 0.25) is 10.0 Å². The molecule has 6 heteroatoms. The number of carbonyl (C=O) groups is 1. The molecule has 1 aliphatic heterocycles. The highest BCUT2D eigenvalue weighted by Crippen LogP contribution is 2.26. The van der Waals surface area contributed by atoms with Crippen LogP contribution in [0.5, 0.6) is 0 Å². The molecule has 3 rings (SSSR count). The van der Waals surface area contributed by atoms with Gasteiger partial charge in [0.15, 0.2) is 5.70 Å². The van der Waals surface area contributed by atoms with Crippen molar-refractivity contribution in [1.82, 2.24) is 0 Å². The highest BCUT2D eigenvalue weighted by Gasteiger charge is 2.25. The number of ether oxygens (including phenoxy) is 1. The summed E-state index contributed by atoms with van der Waals surface area (Å²) in [6.07, 6.45) is 1.45. The Morgan fingerprint density at radius 3 is 2.68 bits per heavy atom. The van der Waals surface area contributed by atoms with Gasteiger partial charge in [-0.1, -0.05) is 35.3 Å². The Hall–Kier alpha value is -2.17. The lowest BCUT2D eigenvalue weighted by molar-refractivity contribution is -0.129. The standard InChI is InChI=1S/C16H8Cl2FNO2/c17-10-4-5-12(13(18)8-10)15-20-14(16(21)22-15)7-9-2-1-3-11(19)6-9/h1-8H/b14-7+. The monoisotopic (exact) mass is 335 g/mol. The Balaban J connectivity index is 1.98. The number of aliphatic imine (C=N–C) groups is 1. The summed E-state index contributed by atoms with van der Waals surface area (Å²) in [4.78, 5) is 16.0. The molecular weight excluding hydrogens is 328 g/mol. The second-order valence-electron chi connectivity index (χ2n) is 4.52. The molecule has 2 aromatic carbocycles. The van der Waals surface area contributed by atoms with E-state index in [4.69, 9.17) is 27.9 Å². The van der Waals surface area contributed by atoms with E-state index in [9.17, 15) is 9.18 Å². The lowest BCUT2D eigenvalue weighted by atomic mass is 10.2. The summed E-state index contributed by atoms with van der Waals surface area (Å²) in [7, 11) is 0. The van der Waals surface area contributed by atoms with Gasteiger partial charge in [-0.15, -0.1) is 0 Å². The molecule has 0 N–H and O–H groups in total. The minimum atomic E-state index is -0.620. The average molecular weight is 336 g/mol. The summed E-state index contributed by atoms with van der Waals surface area (Å²) in [5.41, 5.74) is 1.05. The zero-order valence-electron chi connectivity index (χ0n) is 11.0. The minimum absolute atomic E-state index is 0.0756. The van der Waals surface area contributed by atoms with E-state index in [1.165, 1.54) is 24.3 Å². The van der Waals surface area contributed by atoms with Crippen LogP contribution in [-0.2, 0) is 9.53 Å². The van der Waals surface area contributed by atoms with Crippen molar-refractivity contribution < 1.29 is 13.9 Å². The molecule has 1 aliphatic rings. The van der Waals surface area contributed by atoms with Crippen molar-refractivity contribution in [3.63, 3.8) is 0 Å². The Kier molecular flexibility index (Phi) is 3.96. The largest absolute Gasteiger partial charge is 0.402 e.